The van der Waals surface area contributed by atoms with Crippen LogP contribution in [0.2, 0.25) is 0 Å². The van der Waals surface area contributed by atoms with Gasteiger partial charge >= 0.3 is 12.1 Å². The topological polar surface area (TPSA) is 75.4 Å². The summed E-state index contributed by atoms with van der Waals surface area (Å²) < 4.78 is 41.5. The van der Waals surface area contributed by atoms with Crippen LogP contribution in [-0.2, 0) is 11.0 Å². The molecule has 0 saturated heterocycles. The molecule has 0 aliphatic rings. The maximum atomic E-state index is 13.6. The van der Waals surface area contributed by atoms with Crippen molar-refractivity contribution in [3.63, 3.8) is 0 Å². The van der Waals surface area contributed by atoms with Gasteiger partial charge in [-0.2, -0.15) is 18.3 Å². The zero-order chi connectivity index (χ0) is 19.5. The van der Waals surface area contributed by atoms with Crippen LogP contribution in [0.25, 0.3) is 5.69 Å². The van der Waals surface area contributed by atoms with E-state index in [1.54, 1.807) is 26.0 Å². The molecule has 0 bridgehead atoms. The van der Waals surface area contributed by atoms with E-state index in [0.29, 0.717) is 4.68 Å². The van der Waals surface area contributed by atoms with Crippen LogP contribution in [0.5, 0.6) is 0 Å². The minimum absolute atomic E-state index is 0.0825. The maximum absolute atomic E-state index is 13.6. The molecule has 2 aromatic rings. The van der Waals surface area contributed by atoms with Crippen LogP contribution < -0.4 is 0 Å². The van der Waals surface area contributed by atoms with Crippen molar-refractivity contribution in [1.29, 1.82) is 0 Å². The van der Waals surface area contributed by atoms with Crippen molar-refractivity contribution in [1.82, 2.24) is 14.7 Å². The first kappa shape index (κ1) is 19.5. The molecule has 0 aliphatic heterocycles. The number of hydrogen-bond acceptors (Lipinski definition) is 3. The van der Waals surface area contributed by atoms with Gasteiger partial charge in [0.15, 0.2) is 5.69 Å². The predicted octanol–water partition coefficient (Wildman–Crippen LogP) is 3.14. The smallest absolute Gasteiger partial charge is 0.434 e. The number of aliphatic carboxylic acids is 1. The second-order valence-corrected chi connectivity index (χ2v) is 5.68. The fraction of sp³-hybridized carbons (Fsp3) is 0.353. The van der Waals surface area contributed by atoms with Crippen LogP contribution >= 0.6 is 0 Å². The highest BCUT2D eigenvalue weighted by molar-refractivity contribution is 5.95. The number of hydrogen-bond donors (Lipinski definition) is 1. The lowest BCUT2D eigenvalue weighted by Gasteiger charge is -2.21. The van der Waals surface area contributed by atoms with Crippen molar-refractivity contribution in [3.8, 4) is 5.69 Å². The molecule has 1 amide bonds. The van der Waals surface area contributed by atoms with Crippen molar-refractivity contribution >= 4 is 11.9 Å². The first-order valence-corrected chi connectivity index (χ1v) is 7.88. The Bertz CT molecular complexity index is 798. The summed E-state index contributed by atoms with van der Waals surface area (Å²) in [4.78, 5) is 24.3. The standard InChI is InChI=1S/C17H18F3N3O3/c1-3-22(9-8-14(24)25)16(26)13-10-21-23(15(13)17(18,19)20)12-6-4-11(2)5-7-12/h4-7,10H,3,8-9H2,1-2H3,(H,24,25). The van der Waals surface area contributed by atoms with Crippen molar-refractivity contribution in [2.75, 3.05) is 13.1 Å². The predicted molar refractivity (Wildman–Crippen MR) is 87.1 cm³/mol. The van der Waals surface area contributed by atoms with Crippen molar-refractivity contribution in [2.24, 2.45) is 0 Å². The lowest BCUT2D eigenvalue weighted by atomic mass is 10.2. The molecule has 1 N–H and O–H groups in total. The summed E-state index contributed by atoms with van der Waals surface area (Å²) in [6.45, 7) is 3.27. The van der Waals surface area contributed by atoms with Gasteiger partial charge in [-0.1, -0.05) is 17.7 Å². The number of halogens is 3. The van der Waals surface area contributed by atoms with E-state index >= 15 is 0 Å². The van der Waals surface area contributed by atoms with Crippen LogP contribution in [0, 0.1) is 6.92 Å². The van der Waals surface area contributed by atoms with Gasteiger partial charge in [0.05, 0.1) is 23.9 Å². The highest BCUT2D eigenvalue weighted by Gasteiger charge is 2.41. The van der Waals surface area contributed by atoms with Crippen LogP contribution in [0.1, 0.15) is 35.0 Å². The number of aryl methyl sites for hydroxylation is 1. The van der Waals surface area contributed by atoms with E-state index in [2.05, 4.69) is 5.10 Å². The summed E-state index contributed by atoms with van der Waals surface area (Å²) >= 11 is 0. The van der Waals surface area contributed by atoms with Gasteiger partial charge in [0.2, 0.25) is 0 Å². The summed E-state index contributed by atoms with van der Waals surface area (Å²) in [5.74, 6) is -2.04. The molecule has 26 heavy (non-hydrogen) atoms. The Kier molecular flexibility index (Phi) is 5.69. The van der Waals surface area contributed by atoms with E-state index in [4.69, 9.17) is 5.11 Å². The number of carbonyl (C=O) groups excluding carboxylic acids is 1. The molecule has 0 atom stereocenters. The number of carboxylic acids is 1. The molecule has 2 rings (SSSR count). The van der Waals surface area contributed by atoms with Gasteiger partial charge in [0, 0.05) is 13.1 Å². The van der Waals surface area contributed by atoms with Gasteiger partial charge in [0.1, 0.15) is 0 Å². The fourth-order valence-electron chi connectivity index (χ4n) is 2.46. The first-order chi connectivity index (χ1) is 12.1. The molecule has 0 saturated carbocycles. The van der Waals surface area contributed by atoms with Gasteiger partial charge in [0.25, 0.3) is 5.91 Å². The zero-order valence-electron chi connectivity index (χ0n) is 14.2. The van der Waals surface area contributed by atoms with E-state index in [1.165, 1.54) is 12.1 Å². The first-order valence-electron chi connectivity index (χ1n) is 7.88. The average Bonchev–Trinajstić information content (AvgIpc) is 3.01. The number of alkyl halides is 3. The molecule has 0 unspecified atom stereocenters. The second kappa shape index (κ2) is 7.59. The Morgan fingerprint density at radius 3 is 2.35 bits per heavy atom. The van der Waals surface area contributed by atoms with Gasteiger partial charge in [-0.05, 0) is 26.0 Å². The van der Waals surface area contributed by atoms with E-state index in [1.807, 2.05) is 0 Å². The number of carbonyl (C=O) groups is 2. The lowest BCUT2D eigenvalue weighted by Crippen LogP contribution is -2.34. The summed E-state index contributed by atoms with van der Waals surface area (Å²) in [6, 6.07) is 6.25. The third kappa shape index (κ3) is 4.22. The van der Waals surface area contributed by atoms with Gasteiger partial charge in [-0.15, -0.1) is 0 Å². The molecule has 0 radical (unpaired) electrons. The number of benzene rings is 1. The highest BCUT2D eigenvalue weighted by Crippen LogP contribution is 2.34. The monoisotopic (exact) mass is 369 g/mol. The van der Waals surface area contributed by atoms with Gasteiger partial charge in [-0.25, -0.2) is 4.68 Å². The maximum Gasteiger partial charge on any atom is 0.434 e. The molecule has 0 aliphatic carbocycles. The molecule has 1 heterocycles. The number of rotatable bonds is 6. The number of amides is 1. The Morgan fingerprint density at radius 2 is 1.85 bits per heavy atom. The summed E-state index contributed by atoms with van der Waals surface area (Å²) in [6.07, 6.45) is -4.29. The number of aromatic nitrogens is 2. The molecule has 0 spiro atoms. The molecule has 9 heteroatoms. The van der Waals surface area contributed by atoms with Crippen LogP contribution in [0.15, 0.2) is 30.5 Å². The highest BCUT2D eigenvalue weighted by atomic mass is 19.4. The van der Waals surface area contributed by atoms with Gasteiger partial charge in [-0.3, -0.25) is 9.59 Å². The minimum Gasteiger partial charge on any atom is -0.481 e. The third-order valence-electron chi connectivity index (χ3n) is 3.81. The Morgan fingerprint density at radius 1 is 1.23 bits per heavy atom. The molecule has 1 aromatic heterocycles. The van der Waals surface area contributed by atoms with Crippen LogP contribution in [0.4, 0.5) is 13.2 Å². The number of carboxylic acid groups (broad SMARTS) is 1. The van der Waals surface area contributed by atoms with Crippen molar-refractivity contribution in [3.05, 3.63) is 47.3 Å². The largest absolute Gasteiger partial charge is 0.481 e. The quantitative estimate of drug-likeness (QED) is 0.849. The molecule has 140 valence electrons. The summed E-state index contributed by atoms with van der Waals surface area (Å²) in [5, 5.41) is 12.5. The zero-order valence-corrected chi connectivity index (χ0v) is 14.2. The van der Waals surface area contributed by atoms with Gasteiger partial charge < -0.3 is 10.0 Å². The van der Waals surface area contributed by atoms with Crippen molar-refractivity contribution in [2.45, 2.75) is 26.4 Å². The van der Waals surface area contributed by atoms with E-state index in [0.717, 1.165) is 16.7 Å². The number of nitrogens with zero attached hydrogens (tertiary/aromatic N) is 3. The fourth-order valence-corrected chi connectivity index (χ4v) is 2.46. The molecular formula is C17H18F3N3O3. The third-order valence-corrected chi connectivity index (χ3v) is 3.81. The SMILES string of the molecule is CCN(CCC(=O)O)C(=O)c1cnn(-c2ccc(C)cc2)c1C(F)(F)F. The summed E-state index contributed by atoms with van der Waals surface area (Å²) in [7, 11) is 0. The Balaban J connectivity index is 2.47. The molecule has 0 fully saturated rings. The molecule has 6 nitrogen and oxygen atoms in total. The van der Waals surface area contributed by atoms with Crippen LogP contribution in [0.3, 0.4) is 0 Å². The second-order valence-electron chi connectivity index (χ2n) is 5.68. The van der Waals surface area contributed by atoms with Crippen LogP contribution in [-0.4, -0.2) is 44.8 Å². The summed E-state index contributed by atoms with van der Waals surface area (Å²) in [5.41, 5.74) is -0.738. The average molecular weight is 369 g/mol. The molecular weight excluding hydrogens is 351 g/mol. The van der Waals surface area contributed by atoms with E-state index < -0.39 is 29.3 Å². The normalized spacial score (nSPS) is 11.4. The van der Waals surface area contributed by atoms with E-state index in [-0.39, 0.29) is 25.2 Å². The Labute approximate surface area is 147 Å². The Hall–Kier alpha value is -2.84. The molecule has 1 aromatic carbocycles. The van der Waals surface area contributed by atoms with E-state index in [9.17, 15) is 22.8 Å². The lowest BCUT2D eigenvalue weighted by molar-refractivity contribution is -0.143. The minimum atomic E-state index is -4.81. The van der Waals surface area contributed by atoms with Crippen molar-refractivity contribution < 1.29 is 27.9 Å².